The summed E-state index contributed by atoms with van der Waals surface area (Å²) in [6.07, 6.45) is 18.1. The quantitative estimate of drug-likeness (QED) is 0.281. The van der Waals surface area contributed by atoms with Crippen LogP contribution in [0.25, 0.3) is 0 Å². The molecule has 22 heavy (non-hydrogen) atoms. The van der Waals surface area contributed by atoms with Gasteiger partial charge < -0.3 is 18.9 Å². The lowest BCUT2D eigenvalue weighted by atomic mass is 10.2. The van der Waals surface area contributed by atoms with Gasteiger partial charge in [-0.15, -0.1) is 0 Å². The maximum Gasteiger partial charge on any atom is 0.104 e. The van der Waals surface area contributed by atoms with Gasteiger partial charge in [-0.25, -0.2) is 0 Å². The van der Waals surface area contributed by atoms with Crippen LogP contribution < -0.4 is 0 Å². The van der Waals surface area contributed by atoms with E-state index in [-0.39, 0.29) is 0 Å². The fourth-order valence-electron chi connectivity index (χ4n) is 1.86. The minimum atomic E-state index is 0.365. The molecule has 2 atom stereocenters. The number of epoxide rings is 2. The molecule has 4 heteroatoms. The summed E-state index contributed by atoms with van der Waals surface area (Å²) in [4.78, 5) is 0. The molecule has 0 radical (unpaired) electrons. The van der Waals surface area contributed by atoms with Gasteiger partial charge in [-0.2, -0.15) is 0 Å². The zero-order valence-electron chi connectivity index (χ0n) is 13.3. The van der Waals surface area contributed by atoms with Gasteiger partial charge in [0.1, 0.15) is 12.2 Å². The molecule has 0 aliphatic carbocycles. The maximum absolute atomic E-state index is 5.42. The predicted octanol–water partition coefficient (Wildman–Crippen LogP) is 3.05. The van der Waals surface area contributed by atoms with E-state index >= 15 is 0 Å². The van der Waals surface area contributed by atoms with E-state index in [0.717, 1.165) is 52.1 Å². The lowest BCUT2D eigenvalue weighted by Gasteiger charge is -1.95. The molecule has 0 saturated carbocycles. The fourth-order valence-corrected chi connectivity index (χ4v) is 1.86. The standard InChI is InChI=1S/C18H28O4/c1(3-5-7-9-11-19-13-17-15-21-17)2-4-6-8-10-12-20-14-18-16-22-18/h1-2,7-10,17-18H,3-6,11-16H2. The van der Waals surface area contributed by atoms with Crippen LogP contribution >= 0.6 is 0 Å². The topological polar surface area (TPSA) is 43.5 Å². The molecule has 2 aliphatic rings. The van der Waals surface area contributed by atoms with Gasteiger partial charge in [0.15, 0.2) is 0 Å². The molecule has 0 aromatic heterocycles. The van der Waals surface area contributed by atoms with Crippen LogP contribution in [0.2, 0.25) is 0 Å². The van der Waals surface area contributed by atoms with Crippen molar-refractivity contribution in [1.82, 2.24) is 0 Å². The van der Waals surface area contributed by atoms with Crippen molar-refractivity contribution in [2.75, 3.05) is 39.6 Å². The number of hydrogen-bond acceptors (Lipinski definition) is 4. The molecule has 0 aromatic rings. The van der Waals surface area contributed by atoms with E-state index < -0.39 is 0 Å². The van der Waals surface area contributed by atoms with Crippen LogP contribution in [0.1, 0.15) is 25.7 Å². The van der Waals surface area contributed by atoms with Gasteiger partial charge in [0, 0.05) is 0 Å². The van der Waals surface area contributed by atoms with Crippen molar-refractivity contribution in [3.05, 3.63) is 36.5 Å². The first-order chi connectivity index (χ1) is 10.9. The second-order valence-electron chi connectivity index (χ2n) is 5.55. The number of ether oxygens (including phenoxy) is 4. The highest BCUT2D eigenvalue weighted by atomic mass is 16.6. The van der Waals surface area contributed by atoms with Gasteiger partial charge in [-0.1, -0.05) is 36.5 Å². The van der Waals surface area contributed by atoms with Gasteiger partial charge in [0.05, 0.1) is 39.6 Å². The zero-order chi connectivity index (χ0) is 15.3. The molecule has 0 amide bonds. The van der Waals surface area contributed by atoms with E-state index in [2.05, 4.69) is 36.5 Å². The summed E-state index contributed by atoms with van der Waals surface area (Å²) in [5, 5.41) is 0. The molecule has 0 aromatic carbocycles. The monoisotopic (exact) mass is 308 g/mol. The summed E-state index contributed by atoms with van der Waals surface area (Å²) in [6.45, 7) is 4.60. The average molecular weight is 308 g/mol. The molecule has 2 aliphatic heterocycles. The SMILES string of the molecule is C(=CCCC=CCOCC1CO1)CCC=CCOCC1CO1. The Balaban J connectivity index is 1.28. The van der Waals surface area contributed by atoms with E-state index in [1.54, 1.807) is 0 Å². The number of unbranched alkanes of at least 4 members (excludes halogenated alkanes) is 2. The third-order valence-corrected chi connectivity index (χ3v) is 3.34. The van der Waals surface area contributed by atoms with Crippen molar-refractivity contribution in [3.8, 4) is 0 Å². The Bertz CT molecular complexity index is 320. The Hall–Kier alpha value is -0.940. The van der Waals surface area contributed by atoms with E-state index in [1.165, 1.54) is 0 Å². The van der Waals surface area contributed by atoms with Crippen molar-refractivity contribution in [2.45, 2.75) is 37.9 Å². The van der Waals surface area contributed by atoms with Crippen LogP contribution in [0.5, 0.6) is 0 Å². The molecule has 4 nitrogen and oxygen atoms in total. The van der Waals surface area contributed by atoms with E-state index in [4.69, 9.17) is 18.9 Å². The van der Waals surface area contributed by atoms with Crippen molar-refractivity contribution >= 4 is 0 Å². The first kappa shape index (κ1) is 17.4. The van der Waals surface area contributed by atoms with Crippen LogP contribution in [0.4, 0.5) is 0 Å². The smallest absolute Gasteiger partial charge is 0.104 e. The van der Waals surface area contributed by atoms with Crippen LogP contribution in [0, 0.1) is 0 Å². The van der Waals surface area contributed by atoms with Crippen molar-refractivity contribution in [2.24, 2.45) is 0 Å². The van der Waals surface area contributed by atoms with Gasteiger partial charge in [-0.3, -0.25) is 0 Å². The van der Waals surface area contributed by atoms with Gasteiger partial charge in [0.2, 0.25) is 0 Å². The Labute approximate surface area is 133 Å². The molecule has 2 rings (SSSR count). The molecule has 2 saturated heterocycles. The highest BCUT2D eigenvalue weighted by Crippen LogP contribution is 2.08. The molecule has 2 unspecified atom stereocenters. The Morgan fingerprint density at radius 1 is 0.636 bits per heavy atom. The van der Waals surface area contributed by atoms with Crippen molar-refractivity contribution in [3.63, 3.8) is 0 Å². The molecule has 0 N–H and O–H groups in total. The van der Waals surface area contributed by atoms with Gasteiger partial charge >= 0.3 is 0 Å². The lowest BCUT2D eigenvalue weighted by molar-refractivity contribution is 0.140. The van der Waals surface area contributed by atoms with Crippen LogP contribution in [-0.2, 0) is 18.9 Å². The normalized spacial score (nSPS) is 24.0. The Morgan fingerprint density at radius 2 is 1.00 bits per heavy atom. The van der Waals surface area contributed by atoms with Crippen molar-refractivity contribution in [1.29, 1.82) is 0 Å². The molecule has 2 fully saturated rings. The summed E-state index contributed by atoms with van der Waals surface area (Å²) < 4.78 is 21.0. The number of rotatable bonds is 14. The van der Waals surface area contributed by atoms with Gasteiger partial charge in [-0.05, 0) is 25.7 Å². The first-order valence-corrected chi connectivity index (χ1v) is 8.29. The molecular formula is C18H28O4. The zero-order valence-corrected chi connectivity index (χ0v) is 13.3. The van der Waals surface area contributed by atoms with E-state index in [1.807, 2.05) is 0 Å². The fraction of sp³-hybridized carbons (Fsp3) is 0.667. The minimum absolute atomic E-state index is 0.365. The summed E-state index contributed by atoms with van der Waals surface area (Å²) in [6, 6.07) is 0. The van der Waals surface area contributed by atoms with E-state index in [9.17, 15) is 0 Å². The second-order valence-corrected chi connectivity index (χ2v) is 5.55. The molecule has 124 valence electrons. The Morgan fingerprint density at radius 3 is 1.36 bits per heavy atom. The van der Waals surface area contributed by atoms with Crippen molar-refractivity contribution < 1.29 is 18.9 Å². The van der Waals surface area contributed by atoms with Gasteiger partial charge in [0.25, 0.3) is 0 Å². The molecular weight excluding hydrogens is 280 g/mol. The number of hydrogen-bond donors (Lipinski definition) is 0. The third-order valence-electron chi connectivity index (χ3n) is 3.34. The minimum Gasteiger partial charge on any atom is -0.375 e. The lowest BCUT2D eigenvalue weighted by Crippen LogP contribution is -2.00. The maximum atomic E-state index is 5.42. The third kappa shape index (κ3) is 10.7. The molecule has 0 bridgehead atoms. The Kier molecular flexibility index (Phi) is 9.19. The second kappa shape index (κ2) is 11.6. The summed E-state index contributed by atoms with van der Waals surface area (Å²) >= 11 is 0. The van der Waals surface area contributed by atoms with Crippen LogP contribution in [-0.4, -0.2) is 51.8 Å². The highest BCUT2D eigenvalue weighted by Gasteiger charge is 2.22. The van der Waals surface area contributed by atoms with Crippen LogP contribution in [0.3, 0.4) is 0 Å². The largest absolute Gasteiger partial charge is 0.375 e. The molecule has 0 spiro atoms. The molecule has 2 heterocycles. The average Bonchev–Trinajstić information content (AvgIpc) is 3.41. The number of allylic oxidation sites excluding steroid dienone is 4. The van der Waals surface area contributed by atoms with E-state index in [0.29, 0.717) is 25.4 Å². The first-order valence-electron chi connectivity index (χ1n) is 8.29. The summed E-state index contributed by atoms with van der Waals surface area (Å²) in [5.74, 6) is 0. The van der Waals surface area contributed by atoms with Crippen LogP contribution in [0.15, 0.2) is 36.5 Å². The summed E-state index contributed by atoms with van der Waals surface area (Å²) in [7, 11) is 0. The predicted molar refractivity (Wildman–Crippen MR) is 87.0 cm³/mol. The highest BCUT2D eigenvalue weighted by molar-refractivity contribution is 4.90. The summed E-state index contributed by atoms with van der Waals surface area (Å²) in [5.41, 5.74) is 0.